The average molecular weight is 251 g/mol. The first-order valence-electron chi connectivity index (χ1n) is 5.36. The lowest BCUT2D eigenvalue weighted by molar-refractivity contribution is 0.522. The summed E-state index contributed by atoms with van der Waals surface area (Å²) in [6, 6.07) is 0. The predicted molar refractivity (Wildman–Crippen MR) is 73.9 cm³/mol. The van der Waals surface area contributed by atoms with Gasteiger partial charge in [-0.2, -0.15) is 0 Å². The number of aliphatic imine (C=N–C) groups is 1. The highest BCUT2D eigenvalue weighted by Gasteiger charge is 2.04. The number of nitrogens with zero attached hydrogens (tertiary/aromatic N) is 2. The minimum absolute atomic E-state index is 0.521. The summed E-state index contributed by atoms with van der Waals surface area (Å²) in [6.45, 7) is 5.72. The molecular formula is C12H17N3OS. The molecule has 5 heteroatoms. The lowest BCUT2D eigenvalue weighted by Crippen LogP contribution is -2.25. The molecule has 1 rings (SSSR count). The molecule has 92 valence electrons. The molecule has 0 aliphatic heterocycles. The zero-order chi connectivity index (χ0) is 12.7. The molecule has 1 aromatic heterocycles. The number of hydrogen-bond acceptors (Lipinski definition) is 4. The number of nitrogens with two attached hydrogens (primary N) is 1. The molecule has 0 amide bonds. The van der Waals surface area contributed by atoms with Crippen LogP contribution in [0.2, 0.25) is 0 Å². The highest BCUT2D eigenvalue weighted by atomic mass is 32.2. The van der Waals surface area contributed by atoms with E-state index < -0.39 is 0 Å². The predicted octanol–water partition coefficient (Wildman–Crippen LogP) is 1.23. The molecular weight excluding hydrogens is 234 g/mol. The van der Waals surface area contributed by atoms with Gasteiger partial charge in [0.2, 0.25) is 0 Å². The van der Waals surface area contributed by atoms with E-state index in [1.165, 1.54) is 18.2 Å². The number of aromatic nitrogens is 1. The molecule has 0 unspecified atom stereocenters. The van der Waals surface area contributed by atoms with E-state index in [1.54, 1.807) is 7.05 Å². The zero-order valence-electron chi connectivity index (χ0n) is 10.1. The quantitative estimate of drug-likeness (QED) is 0.496. The molecule has 0 fully saturated rings. The van der Waals surface area contributed by atoms with Crippen molar-refractivity contribution in [2.45, 2.75) is 19.8 Å². The molecule has 1 heterocycles. The number of hydrogen-bond donors (Lipinski definition) is 1. The zero-order valence-corrected chi connectivity index (χ0v) is 11.0. The molecule has 0 atom stereocenters. The molecule has 2 N–H and O–H groups in total. The van der Waals surface area contributed by atoms with E-state index in [0.717, 1.165) is 28.5 Å². The SMILES string of the molecule is C=CC/C=c1/nco/c1=C(/CC)S/C(N)=N\C. The van der Waals surface area contributed by atoms with Gasteiger partial charge in [-0.1, -0.05) is 30.8 Å². The lowest BCUT2D eigenvalue weighted by Gasteiger charge is -2.00. The van der Waals surface area contributed by atoms with Gasteiger partial charge in [0, 0.05) is 12.0 Å². The second-order valence-electron chi connectivity index (χ2n) is 3.24. The van der Waals surface area contributed by atoms with Gasteiger partial charge in [0.1, 0.15) is 5.35 Å². The van der Waals surface area contributed by atoms with Crippen molar-refractivity contribution < 1.29 is 4.42 Å². The van der Waals surface area contributed by atoms with E-state index in [1.807, 2.05) is 19.1 Å². The molecule has 0 aliphatic rings. The standard InChI is InChI=1S/C12H17N3OS/c1-4-6-7-9-11(16-8-15-9)10(5-2)17-12(13)14-3/h4,7-8H,1,5-6H2,2-3H3,(H2,13,14)/b9-7+,11-10-. The molecule has 0 radical (unpaired) electrons. The fourth-order valence-corrected chi connectivity index (χ4v) is 1.99. The molecule has 0 aromatic carbocycles. The topological polar surface area (TPSA) is 64.4 Å². The average Bonchev–Trinajstić information content (AvgIpc) is 2.81. The van der Waals surface area contributed by atoms with Crippen molar-refractivity contribution in [3.05, 3.63) is 29.8 Å². The molecule has 17 heavy (non-hydrogen) atoms. The van der Waals surface area contributed by atoms with Gasteiger partial charge in [-0.15, -0.1) is 6.58 Å². The maximum atomic E-state index is 5.71. The third-order valence-corrected chi connectivity index (χ3v) is 3.21. The third kappa shape index (κ3) is 3.78. The maximum Gasteiger partial charge on any atom is 0.182 e. The second-order valence-corrected chi connectivity index (χ2v) is 4.35. The monoisotopic (exact) mass is 251 g/mol. The van der Waals surface area contributed by atoms with Crippen molar-refractivity contribution in [2.75, 3.05) is 7.05 Å². The first-order chi connectivity index (χ1) is 8.22. The minimum atomic E-state index is 0.521. The minimum Gasteiger partial charge on any atom is -0.443 e. The van der Waals surface area contributed by atoms with Gasteiger partial charge in [0.25, 0.3) is 0 Å². The summed E-state index contributed by atoms with van der Waals surface area (Å²) in [4.78, 5) is 9.13. The van der Waals surface area contributed by atoms with Crippen LogP contribution in [0.4, 0.5) is 0 Å². The molecule has 0 spiro atoms. The number of rotatable bonds is 4. The summed E-state index contributed by atoms with van der Waals surface area (Å²) in [7, 11) is 1.67. The maximum absolute atomic E-state index is 5.71. The van der Waals surface area contributed by atoms with Gasteiger partial charge in [-0.05, 0) is 12.8 Å². The van der Waals surface area contributed by atoms with Crippen molar-refractivity contribution in [3.8, 4) is 0 Å². The van der Waals surface area contributed by atoms with Crippen LogP contribution < -0.4 is 16.5 Å². The van der Waals surface area contributed by atoms with Gasteiger partial charge in [-0.25, -0.2) is 4.98 Å². The van der Waals surface area contributed by atoms with Crippen LogP contribution in [0, 0.1) is 0 Å². The summed E-state index contributed by atoms with van der Waals surface area (Å²) < 4.78 is 5.42. The Morgan fingerprint density at radius 1 is 1.71 bits per heavy atom. The Bertz CT molecular complexity index is 516. The Labute approximate surface area is 105 Å². The van der Waals surface area contributed by atoms with Crippen LogP contribution in [0.3, 0.4) is 0 Å². The number of oxazole rings is 1. The second kappa shape index (κ2) is 6.96. The van der Waals surface area contributed by atoms with Crippen molar-refractivity contribution >= 4 is 27.9 Å². The van der Waals surface area contributed by atoms with Gasteiger partial charge in [-0.3, -0.25) is 4.99 Å². The molecule has 0 aliphatic carbocycles. The Morgan fingerprint density at radius 3 is 3.06 bits per heavy atom. The van der Waals surface area contributed by atoms with E-state index in [9.17, 15) is 0 Å². The van der Waals surface area contributed by atoms with Crippen LogP contribution in [0.1, 0.15) is 19.8 Å². The fraction of sp³-hybridized carbons (Fsp3) is 0.333. The van der Waals surface area contributed by atoms with E-state index in [-0.39, 0.29) is 0 Å². The number of allylic oxidation sites excluding steroid dienone is 1. The largest absolute Gasteiger partial charge is 0.443 e. The molecule has 4 nitrogen and oxygen atoms in total. The normalized spacial score (nSPS) is 14.9. The number of thioether (sulfide) groups is 1. The Morgan fingerprint density at radius 2 is 2.47 bits per heavy atom. The first-order valence-corrected chi connectivity index (χ1v) is 6.18. The Hall–Kier alpha value is -1.49. The lowest BCUT2D eigenvalue weighted by atomic mass is 10.3. The molecule has 0 saturated heterocycles. The van der Waals surface area contributed by atoms with Gasteiger partial charge in [0.05, 0.1) is 0 Å². The number of amidine groups is 1. The van der Waals surface area contributed by atoms with Gasteiger partial charge < -0.3 is 10.2 Å². The van der Waals surface area contributed by atoms with Crippen LogP contribution >= 0.6 is 11.8 Å². The van der Waals surface area contributed by atoms with Crippen molar-refractivity contribution in [2.24, 2.45) is 10.7 Å². The van der Waals surface area contributed by atoms with Crippen LogP contribution in [0.25, 0.3) is 11.0 Å². The molecule has 0 saturated carbocycles. The van der Waals surface area contributed by atoms with E-state index in [2.05, 4.69) is 16.6 Å². The van der Waals surface area contributed by atoms with E-state index in [4.69, 9.17) is 10.2 Å². The van der Waals surface area contributed by atoms with Crippen LogP contribution in [0.5, 0.6) is 0 Å². The van der Waals surface area contributed by atoms with E-state index in [0.29, 0.717) is 5.17 Å². The summed E-state index contributed by atoms with van der Waals surface area (Å²) in [6.07, 6.45) is 6.82. The summed E-state index contributed by atoms with van der Waals surface area (Å²) in [5.74, 6) is 0. The highest BCUT2D eigenvalue weighted by molar-refractivity contribution is 8.21. The van der Waals surface area contributed by atoms with Crippen LogP contribution in [-0.4, -0.2) is 17.2 Å². The van der Waals surface area contributed by atoms with Gasteiger partial charge >= 0.3 is 0 Å². The molecule has 0 bridgehead atoms. The Kier molecular flexibility index (Phi) is 5.56. The summed E-state index contributed by atoms with van der Waals surface area (Å²) >= 11 is 1.41. The van der Waals surface area contributed by atoms with Crippen molar-refractivity contribution in [1.82, 2.24) is 4.98 Å². The Balaban J connectivity index is 3.25. The first kappa shape index (κ1) is 13.6. The smallest absolute Gasteiger partial charge is 0.182 e. The van der Waals surface area contributed by atoms with Crippen LogP contribution in [-0.2, 0) is 0 Å². The summed E-state index contributed by atoms with van der Waals surface area (Å²) in [5.41, 5.74) is 6.48. The van der Waals surface area contributed by atoms with E-state index >= 15 is 0 Å². The van der Waals surface area contributed by atoms with Gasteiger partial charge in [0.15, 0.2) is 17.0 Å². The van der Waals surface area contributed by atoms with Crippen LogP contribution in [0.15, 0.2) is 28.5 Å². The highest BCUT2D eigenvalue weighted by Crippen LogP contribution is 2.18. The third-order valence-electron chi connectivity index (χ3n) is 2.10. The van der Waals surface area contributed by atoms with Crippen molar-refractivity contribution in [3.63, 3.8) is 0 Å². The fourth-order valence-electron chi connectivity index (χ4n) is 1.25. The molecule has 1 aromatic rings. The van der Waals surface area contributed by atoms with Crippen molar-refractivity contribution in [1.29, 1.82) is 0 Å². The summed E-state index contributed by atoms with van der Waals surface area (Å²) in [5, 5.41) is 1.35.